The van der Waals surface area contributed by atoms with Crippen LogP contribution in [0.25, 0.3) is 5.76 Å². The SMILES string of the molecule is COc1ccc(Cl)cc1/C(O)=C1\C(=O)C(=O)N(c2ccc(N3CCCCC3)cc2)C1c1cccnc1. The molecule has 1 N–H and O–H groups in total. The van der Waals surface area contributed by atoms with Gasteiger partial charge < -0.3 is 14.7 Å². The van der Waals surface area contributed by atoms with Crippen LogP contribution in [0.2, 0.25) is 5.02 Å². The number of nitrogens with zero attached hydrogens (tertiary/aromatic N) is 3. The highest BCUT2D eigenvalue weighted by molar-refractivity contribution is 6.51. The quantitative estimate of drug-likeness (QED) is 0.287. The van der Waals surface area contributed by atoms with Crippen molar-refractivity contribution >= 4 is 40.4 Å². The number of anilines is 2. The standard InChI is InChI=1S/C28H26ClN3O4/c1-36-23-12-7-19(29)16-22(23)26(33)24-25(18-6-5-13-30-17-18)32(28(35)27(24)34)21-10-8-20(9-11-21)31-14-3-2-4-15-31/h5-13,16-17,25,33H,2-4,14-15H2,1H3/b26-24+. The number of rotatable bonds is 5. The Hall–Kier alpha value is -3.84. The van der Waals surface area contributed by atoms with Crippen molar-refractivity contribution in [3.63, 3.8) is 0 Å². The number of amides is 1. The average Bonchev–Trinajstić information content (AvgIpc) is 3.19. The van der Waals surface area contributed by atoms with Crippen LogP contribution in [0.4, 0.5) is 11.4 Å². The van der Waals surface area contributed by atoms with Gasteiger partial charge in [0.2, 0.25) is 0 Å². The first kappa shape index (κ1) is 23.9. The number of methoxy groups -OCH3 is 1. The Bertz CT molecular complexity index is 1320. The average molecular weight is 504 g/mol. The van der Waals surface area contributed by atoms with Crippen LogP contribution in [0, 0.1) is 0 Å². The van der Waals surface area contributed by atoms with Crippen LogP contribution in [-0.2, 0) is 9.59 Å². The van der Waals surface area contributed by atoms with E-state index in [4.69, 9.17) is 16.3 Å². The van der Waals surface area contributed by atoms with Crippen molar-refractivity contribution < 1.29 is 19.4 Å². The Morgan fingerprint density at radius 3 is 2.42 bits per heavy atom. The van der Waals surface area contributed by atoms with Crippen LogP contribution in [-0.4, -0.2) is 42.0 Å². The van der Waals surface area contributed by atoms with Crippen molar-refractivity contribution in [3.05, 3.63) is 88.7 Å². The van der Waals surface area contributed by atoms with Gasteiger partial charge >= 0.3 is 0 Å². The maximum Gasteiger partial charge on any atom is 0.300 e. The largest absolute Gasteiger partial charge is 0.507 e. The second-order valence-electron chi connectivity index (χ2n) is 8.86. The van der Waals surface area contributed by atoms with Gasteiger partial charge in [-0.05, 0) is 73.4 Å². The molecule has 2 aromatic carbocycles. The zero-order chi connectivity index (χ0) is 25.2. The van der Waals surface area contributed by atoms with Crippen molar-refractivity contribution in [2.75, 3.05) is 30.0 Å². The molecule has 5 rings (SSSR count). The van der Waals surface area contributed by atoms with Crippen LogP contribution >= 0.6 is 11.6 Å². The van der Waals surface area contributed by atoms with Crippen molar-refractivity contribution in [1.29, 1.82) is 0 Å². The third-order valence-electron chi connectivity index (χ3n) is 6.71. The number of ketones is 1. The van der Waals surface area contributed by atoms with Crippen LogP contribution in [0.1, 0.15) is 36.4 Å². The molecule has 2 saturated heterocycles. The van der Waals surface area contributed by atoms with Crippen molar-refractivity contribution in [2.45, 2.75) is 25.3 Å². The lowest BCUT2D eigenvalue weighted by atomic mass is 9.95. The summed E-state index contributed by atoms with van der Waals surface area (Å²) in [7, 11) is 1.46. The molecule has 36 heavy (non-hydrogen) atoms. The van der Waals surface area contributed by atoms with Gasteiger partial charge in [0.05, 0.1) is 24.3 Å². The highest BCUT2D eigenvalue weighted by atomic mass is 35.5. The number of carbonyl (C=O) groups excluding carboxylic acids is 2. The number of piperidine rings is 1. The van der Waals surface area contributed by atoms with E-state index < -0.39 is 17.7 Å². The predicted molar refractivity (Wildman–Crippen MR) is 140 cm³/mol. The maximum atomic E-state index is 13.4. The van der Waals surface area contributed by atoms with E-state index in [0.717, 1.165) is 31.6 Å². The van der Waals surface area contributed by atoms with E-state index >= 15 is 0 Å². The molecule has 1 atom stereocenters. The molecule has 1 amide bonds. The van der Waals surface area contributed by atoms with Crippen LogP contribution in [0.3, 0.4) is 0 Å². The van der Waals surface area contributed by atoms with E-state index in [1.165, 1.54) is 24.5 Å². The van der Waals surface area contributed by atoms with Gasteiger partial charge in [-0.1, -0.05) is 17.7 Å². The molecule has 0 bridgehead atoms. The maximum absolute atomic E-state index is 13.4. The van der Waals surface area contributed by atoms with Gasteiger partial charge in [0.1, 0.15) is 11.5 Å². The van der Waals surface area contributed by atoms with Gasteiger partial charge in [0.25, 0.3) is 11.7 Å². The fourth-order valence-electron chi connectivity index (χ4n) is 4.94. The summed E-state index contributed by atoms with van der Waals surface area (Å²) in [5, 5.41) is 11.7. The van der Waals surface area contributed by atoms with Crippen LogP contribution in [0.15, 0.2) is 72.6 Å². The summed E-state index contributed by atoms with van der Waals surface area (Å²) in [5.41, 5.74) is 2.42. The van der Waals surface area contributed by atoms with Gasteiger partial charge in [0.15, 0.2) is 0 Å². The number of hydrogen-bond donors (Lipinski definition) is 1. The number of ether oxygens (including phenoxy) is 1. The molecule has 2 aliphatic heterocycles. The summed E-state index contributed by atoms with van der Waals surface area (Å²) in [6, 6.07) is 15.0. The monoisotopic (exact) mass is 503 g/mol. The lowest BCUT2D eigenvalue weighted by Crippen LogP contribution is -2.30. The summed E-state index contributed by atoms with van der Waals surface area (Å²) in [5.74, 6) is -1.53. The van der Waals surface area contributed by atoms with E-state index in [9.17, 15) is 14.7 Å². The highest BCUT2D eigenvalue weighted by Crippen LogP contribution is 2.43. The number of halogens is 1. The van der Waals surface area contributed by atoms with Crippen LogP contribution in [0.5, 0.6) is 5.75 Å². The number of aliphatic hydroxyl groups is 1. The van der Waals surface area contributed by atoms with Gasteiger partial charge in [-0.15, -0.1) is 0 Å². The minimum Gasteiger partial charge on any atom is -0.507 e. The summed E-state index contributed by atoms with van der Waals surface area (Å²) in [6.45, 7) is 2.00. The number of aliphatic hydroxyl groups excluding tert-OH is 1. The zero-order valence-electron chi connectivity index (χ0n) is 19.9. The second-order valence-corrected chi connectivity index (χ2v) is 9.30. The molecular formula is C28H26ClN3O4. The summed E-state index contributed by atoms with van der Waals surface area (Å²) >= 11 is 6.18. The van der Waals surface area contributed by atoms with Gasteiger partial charge in [-0.3, -0.25) is 19.5 Å². The number of hydrogen-bond acceptors (Lipinski definition) is 6. The molecule has 2 fully saturated rings. The molecule has 1 aromatic heterocycles. The van der Waals surface area contributed by atoms with E-state index in [0.29, 0.717) is 22.0 Å². The highest BCUT2D eigenvalue weighted by Gasteiger charge is 2.47. The number of carbonyl (C=O) groups is 2. The molecule has 0 radical (unpaired) electrons. The molecule has 7 nitrogen and oxygen atoms in total. The Kier molecular flexibility index (Phi) is 6.65. The lowest BCUT2D eigenvalue weighted by Gasteiger charge is -2.30. The Morgan fingerprint density at radius 2 is 1.75 bits per heavy atom. The third-order valence-corrected chi connectivity index (χ3v) is 6.95. The molecule has 8 heteroatoms. The Balaban J connectivity index is 1.62. The minimum absolute atomic E-state index is 0.0475. The van der Waals surface area contributed by atoms with Crippen molar-refractivity contribution in [1.82, 2.24) is 4.98 Å². The van der Waals surface area contributed by atoms with Crippen molar-refractivity contribution in [2.24, 2.45) is 0 Å². The van der Waals surface area contributed by atoms with E-state index in [1.807, 2.05) is 24.3 Å². The first-order valence-electron chi connectivity index (χ1n) is 11.9. The van der Waals surface area contributed by atoms with Crippen molar-refractivity contribution in [3.8, 4) is 5.75 Å². The fraction of sp³-hybridized carbons (Fsp3) is 0.250. The smallest absolute Gasteiger partial charge is 0.300 e. The first-order chi connectivity index (χ1) is 17.5. The molecule has 0 spiro atoms. The topological polar surface area (TPSA) is 83.0 Å². The summed E-state index contributed by atoms with van der Waals surface area (Å²) in [4.78, 5) is 34.7. The second kappa shape index (κ2) is 10.0. The predicted octanol–water partition coefficient (Wildman–Crippen LogP) is 5.36. The molecule has 3 aromatic rings. The van der Waals surface area contributed by atoms with Gasteiger partial charge in [-0.25, -0.2) is 0 Å². The normalized spacial score (nSPS) is 19.6. The van der Waals surface area contributed by atoms with Gasteiger partial charge in [0, 0.05) is 41.9 Å². The zero-order valence-corrected chi connectivity index (χ0v) is 20.6. The fourth-order valence-corrected chi connectivity index (χ4v) is 5.11. The molecule has 184 valence electrons. The summed E-state index contributed by atoms with van der Waals surface area (Å²) < 4.78 is 5.39. The van der Waals surface area contributed by atoms with Crippen LogP contribution < -0.4 is 14.5 Å². The summed E-state index contributed by atoms with van der Waals surface area (Å²) in [6.07, 6.45) is 6.76. The number of aromatic nitrogens is 1. The number of benzene rings is 2. The number of Topliss-reactive ketones (excluding diaryl/α,β-unsaturated/α-hetero) is 1. The van der Waals surface area contributed by atoms with E-state index in [1.54, 1.807) is 36.7 Å². The minimum atomic E-state index is -0.872. The number of pyridine rings is 1. The first-order valence-corrected chi connectivity index (χ1v) is 12.3. The molecule has 2 aliphatic rings. The molecule has 0 saturated carbocycles. The Labute approximate surface area is 214 Å². The third kappa shape index (κ3) is 4.31. The molecule has 0 aliphatic carbocycles. The van der Waals surface area contributed by atoms with Gasteiger partial charge in [-0.2, -0.15) is 0 Å². The molecule has 1 unspecified atom stereocenters. The van der Waals surface area contributed by atoms with E-state index in [-0.39, 0.29) is 16.9 Å². The molecule has 3 heterocycles. The molecular weight excluding hydrogens is 478 g/mol. The lowest BCUT2D eigenvalue weighted by molar-refractivity contribution is -0.132. The van der Waals surface area contributed by atoms with E-state index in [2.05, 4.69) is 9.88 Å². The Morgan fingerprint density at radius 1 is 1.03 bits per heavy atom.